The second-order valence-corrected chi connectivity index (χ2v) is 7.43. The number of methoxy groups -OCH3 is 1. The topological polar surface area (TPSA) is 58.1 Å². The lowest BCUT2D eigenvalue weighted by Gasteiger charge is -2.41. The normalized spacial score (nSPS) is 17.1. The van der Waals surface area contributed by atoms with Crippen molar-refractivity contribution in [2.24, 2.45) is 4.99 Å². The standard InChI is InChI=1S/C19H31ClN4O2.HI/c1-19(2,24-8-10-26-11-9-24)14-23-18(21-3)22-13-17(25-4)15-6-5-7-16(20)12-15;/h5-7,12,17H,8-11,13-14H2,1-4H3,(H2,21,22,23);1H. The molecule has 1 unspecified atom stereocenters. The molecule has 1 heterocycles. The molecule has 1 saturated heterocycles. The van der Waals surface area contributed by atoms with Crippen molar-refractivity contribution in [3.8, 4) is 0 Å². The molecule has 154 valence electrons. The molecule has 1 aliphatic heterocycles. The van der Waals surface area contributed by atoms with Gasteiger partial charge in [0.2, 0.25) is 0 Å². The summed E-state index contributed by atoms with van der Waals surface area (Å²) in [6, 6.07) is 7.73. The van der Waals surface area contributed by atoms with Crippen molar-refractivity contribution in [1.29, 1.82) is 0 Å². The first kappa shape index (κ1) is 24.4. The van der Waals surface area contributed by atoms with Gasteiger partial charge in [0.1, 0.15) is 0 Å². The first-order valence-corrected chi connectivity index (χ1v) is 9.39. The average molecular weight is 511 g/mol. The lowest BCUT2D eigenvalue weighted by Crippen LogP contribution is -2.56. The highest BCUT2D eigenvalue weighted by Crippen LogP contribution is 2.20. The molecule has 1 fully saturated rings. The molecule has 0 radical (unpaired) electrons. The molecule has 0 spiro atoms. The summed E-state index contributed by atoms with van der Waals surface area (Å²) in [5, 5.41) is 7.47. The molecule has 1 atom stereocenters. The summed E-state index contributed by atoms with van der Waals surface area (Å²) in [4.78, 5) is 6.77. The number of guanidine groups is 1. The van der Waals surface area contributed by atoms with Crippen molar-refractivity contribution >= 4 is 41.5 Å². The van der Waals surface area contributed by atoms with E-state index in [0.717, 1.165) is 44.4 Å². The van der Waals surface area contributed by atoms with Gasteiger partial charge in [-0.3, -0.25) is 9.89 Å². The van der Waals surface area contributed by atoms with Crippen molar-refractivity contribution in [3.63, 3.8) is 0 Å². The maximum atomic E-state index is 6.08. The van der Waals surface area contributed by atoms with E-state index < -0.39 is 0 Å². The van der Waals surface area contributed by atoms with E-state index in [1.54, 1.807) is 14.2 Å². The maximum Gasteiger partial charge on any atom is 0.191 e. The SMILES string of the molecule is CN=C(NCC(OC)c1cccc(Cl)c1)NCC(C)(C)N1CCOCC1.I. The van der Waals surface area contributed by atoms with Gasteiger partial charge in [0.05, 0.1) is 19.3 Å². The Morgan fingerprint density at radius 2 is 2.04 bits per heavy atom. The van der Waals surface area contributed by atoms with E-state index in [0.29, 0.717) is 11.6 Å². The van der Waals surface area contributed by atoms with Crippen LogP contribution in [0.15, 0.2) is 29.3 Å². The maximum absolute atomic E-state index is 6.08. The minimum absolute atomic E-state index is 0. The molecule has 0 saturated carbocycles. The molecule has 27 heavy (non-hydrogen) atoms. The van der Waals surface area contributed by atoms with Gasteiger partial charge in [0.25, 0.3) is 0 Å². The largest absolute Gasteiger partial charge is 0.379 e. The Morgan fingerprint density at radius 3 is 2.63 bits per heavy atom. The van der Waals surface area contributed by atoms with Gasteiger partial charge in [0.15, 0.2) is 5.96 Å². The molecule has 0 amide bonds. The third kappa shape index (κ3) is 7.73. The van der Waals surface area contributed by atoms with Gasteiger partial charge in [-0.15, -0.1) is 24.0 Å². The number of nitrogens with one attached hydrogen (secondary N) is 2. The predicted octanol–water partition coefficient (Wildman–Crippen LogP) is 2.92. The molecule has 8 heteroatoms. The fraction of sp³-hybridized carbons (Fsp3) is 0.632. The highest BCUT2D eigenvalue weighted by atomic mass is 127. The lowest BCUT2D eigenvalue weighted by atomic mass is 10.0. The van der Waals surface area contributed by atoms with Crippen LogP contribution in [0.5, 0.6) is 0 Å². The Morgan fingerprint density at radius 1 is 1.33 bits per heavy atom. The smallest absolute Gasteiger partial charge is 0.191 e. The van der Waals surface area contributed by atoms with Crippen LogP contribution < -0.4 is 10.6 Å². The summed E-state index contributed by atoms with van der Waals surface area (Å²) in [7, 11) is 3.48. The lowest BCUT2D eigenvalue weighted by molar-refractivity contribution is -0.00835. The molecule has 1 aliphatic rings. The summed E-state index contributed by atoms with van der Waals surface area (Å²) in [5.41, 5.74) is 1.06. The Kier molecular flexibility index (Phi) is 10.9. The van der Waals surface area contributed by atoms with E-state index in [-0.39, 0.29) is 35.6 Å². The Bertz CT molecular complexity index is 595. The van der Waals surface area contributed by atoms with Crippen LogP contribution in [0.4, 0.5) is 0 Å². The van der Waals surface area contributed by atoms with Crippen LogP contribution in [0.25, 0.3) is 0 Å². The van der Waals surface area contributed by atoms with Crippen LogP contribution >= 0.6 is 35.6 Å². The monoisotopic (exact) mass is 510 g/mol. The average Bonchev–Trinajstić information content (AvgIpc) is 2.65. The van der Waals surface area contributed by atoms with Crippen LogP contribution in [0.1, 0.15) is 25.5 Å². The predicted molar refractivity (Wildman–Crippen MR) is 122 cm³/mol. The van der Waals surface area contributed by atoms with Gasteiger partial charge in [0, 0.05) is 50.9 Å². The van der Waals surface area contributed by atoms with Crippen LogP contribution in [-0.4, -0.2) is 69.9 Å². The number of benzene rings is 1. The van der Waals surface area contributed by atoms with Gasteiger partial charge in [-0.2, -0.15) is 0 Å². The second-order valence-electron chi connectivity index (χ2n) is 7.00. The molecule has 2 N–H and O–H groups in total. The van der Waals surface area contributed by atoms with Crippen molar-refractivity contribution < 1.29 is 9.47 Å². The molecule has 6 nitrogen and oxygen atoms in total. The third-order valence-electron chi connectivity index (χ3n) is 4.74. The van der Waals surface area contributed by atoms with Gasteiger partial charge in [-0.1, -0.05) is 23.7 Å². The van der Waals surface area contributed by atoms with Crippen molar-refractivity contribution in [1.82, 2.24) is 15.5 Å². The van der Waals surface area contributed by atoms with Crippen LogP contribution in [0, 0.1) is 0 Å². The summed E-state index contributed by atoms with van der Waals surface area (Å²) in [6.45, 7) is 9.39. The summed E-state index contributed by atoms with van der Waals surface area (Å²) in [5.74, 6) is 0.760. The molecule has 0 aromatic heterocycles. The fourth-order valence-corrected chi connectivity index (χ4v) is 3.23. The minimum atomic E-state index is -0.0977. The Labute approximate surface area is 185 Å². The second kappa shape index (κ2) is 12.1. The van der Waals surface area contributed by atoms with Gasteiger partial charge >= 0.3 is 0 Å². The molecule has 2 rings (SSSR count). The van der Waals surface area contributed by atoms with Gasteiger partial charge in [-0.05, 0) is 31.5 Å². The highest BCUT2D eigenvalue weighted by molar-refractivity contribution is 14.0. The quantitative estimate of drug-likeness (QED) is 0.336. The van der Waals surface area contributed by atoms with E-state index >= 15 is 0 Å². The summed E-state index contributed by atoms with van der Waals surface area (Å²) in [6.07, 6.45) is -0.0977. The summed E-state index contributed by atoms with van der Waals surface area (Å²) < 4.78 is 11.0. The fourth-order valence-electron chi connectivity index (χ4n) is 3.03. The zero-order chi connectivity index (χ0) is 19.0. The molecule has 1 aromatic rings. The first-order chi connectivity index (χ1) is 12.5. The third-order valence-corrected chi connectivity index (χ3v) is 4.97. The molecule has 1 aromatic carbocycles. The molecule has 0 bridgehead atoms. The van der Waals surface area contributed by atoms with E-state index in [1.807, 2.05) is 24.3 Å². The number of hydrogen-bond donors (Lipinski definition) is 2. The van der Waals surface area contributed by atoms with Crippen LogP contribution in [-0.2, 0) is 9.47 Å². The van der Waals surface area contributed by atoms with Gasteiger partial charge in [-0.25, -0.2) is 0 Å². The van der Waals surface area contributed by atoms with Crippen LogP contribution in [0.2, 0.25) is 5.02 Å². The van der Waals surface area contributed by atoms with Crippen molar-refractivity contribution in [3.05, 3.63) is 34.9 Å². The van der Waals surface area contributed by atoms with Crippen molar-refractivity contribution in [2.75, 3.05) is 53.6 Å². The zero-order valence-electron chi connectivity index (χ0n) is 16.6. The Hall–Kier alpha value is -0.610. The number of halogens is 2. The molecule has 0 aliphatic carbocycles. The number of nitrogens with zero attached hydrogens (tertiary/aromatic N) is 2. The number of aliphatic imine (C=N–C) groups is 1. The first-order valence-electron chi connectivity index (χ1n) is 9.02. The minimum Gasteiger partial charge on any atom is -0.379 e. The molecular formula is C19H32ClIN4O2. The number of hydrogen-bond acceptors (Lipinski definition) is 4. The van der Waals surface area contributed by atoms with E-state index in [2.05, 4.69) is 34.4 Å². The summed E-state index contributed by atoms with van der Waals surface area (Å²) >= 11 is 6.08. The van der Waals surface area contributed by atoms with E-state index in [1.165, 1.54) is 0 Å². The van der Waals surface area contributed by atoms with Crippen LogP contribution in [0.3, 0.4) is 0 Å². The van der Waals surface area contributed by atoms with Crippen molar-refractivity contribution in [2.45, 2.75) is 25.5 Å². The number of ether oxygens (including phenoxy) is 2. The molecular weight excluding hydrogens is 479 g/mol. The zero-order valence-corrected chi connectivity index (χ0v) is 19.7. The van der Waals surface area contributed by atoms with E-state index in [9.17, 15) is 0 Å². The van der Waals surface area contributed by atoms with E-state index in [4.69, 9.17) is 21.1 Å². The Balaban J connectivity index is 0.00000364. The number of morpholine rings is 1. The highest BCUT2D eigenvalue weighted by Gasteiger charge is 2.28. The number of rotatable bonds is 7. The van der Waals surface area contributed by atoms with Gasteiger partial charge < -0.3 is 20.1 Å².